The molecule has 0 bridgehead atoms. The van der Waals surface area contributed by atoms with E-state index < -0.39 is 10.0 Å². The standard InChI is InChI=1S/C21H34N4O2S/c1-17-16-24(12-11-20(17)19-7-5-4-6-8-19)21(22-2)23-15-18-9-13-25(14-10-18)28(3,26)27/h4-8,17-18,20H,9-16H2,1-3H3,(H,22,23). The van der Waals surface area contributed by atoms with Gasteiger partial charge < -0.3 is 10.2 Å². The summed E-state index contributed by atoms with van der Waals surface area (Å²) in [6.07, 6.45) is 4.25. The molecule has 0 radical (unpaired) electrons. The van der Waals surface area contributed by atoms with E-state index in [0.717, 1.165) is 44.9 Å². The van der Waals surface area contributed by atoms with Crippen molar-refractivity contribution in [3.05, 3.63) is 35.9 Å². The van der Waals surface area contributed by atoms with E-state index in [1.54, 1.807) is 4.31 Å². The van der Waals surface area contributed by atoms with Crippen molar-refractivity contribution in [1.82, 2.24) is 14.5 Å². The molecular formula is C21H34N4O2S. The Morgan fingerprint density at radius 1 is 1.14 bits per heavy atom. The topological polar surface area (TPSA) is 65.0 Å². The van der Waals surface area contributed by atoms with Crippen LogP contribution >= 0.6 is 0 Å². The zero-order valence-electron chi connectivity index (χ0n) is 17.3. The molecule has 7 heteroatoms. The van der Waals surface area contributed by atoms with Crippen LogP contribution in [0, 0.1) is 11.8 Å². The normalized spacial score (nSPS) is 25.7. The van der Waals surface area contributed by atoms with Crippen LogP contribution in [0.3, 0.4) is 0 Å². The van der Waals surface area contributed by atoms with Gasteiger partial charge >= 0.3 is 0 Å². The molecule has 0 spiro atoms. The molecule has 1 aromatic carbocycles. The first kappa shape index (κ1) is 21.1. The van der Waals surface area contributed by atoms with Crippen LogP contribution in [-0.2, 0) is 10.0 Å². The molecule has 2 atom stereocenters. The lowest BCUT2D eigenvalue weighted by molar-refractivity contribution is 0.230. The molecule has 0 saturated carbocycles. The molecule has 2 unspecified atom stereocenters. The number of guanidine groups is 1. The Kier molecular flexibility index (Phi) is 6.99. The van der Waals surface area contributed by atoms with Crippen LogP contribution in [0.1, 0.15) is 37.7 Å². The van der Waals surface area contributed by atoms with Gasteiger partial charge in [-0.05, 0) is 42.6 Å². The highest BCUT2D eigenvalue weighted by molar-refractivity contribution is 7.88. The first-order chi connectivity index (χ1) is 13.4. The minimum Gasteiger partial charge on any atom is -0.356 e. The van der Waals surface area contributed by atoms with Gasteiger partial charge in [0.05, 0.1) is 6.26 Å². The monoisotopic (exact) mass is 406 g/mol. The molecule has 156 valence electrons. The molecular weight excluding hydrogens is 372 g/mol. The van der Waals surface area contributed by atoms with E-state index in [0.29, 0.717) is 30.8 Å². The molecule has 2 aliphatic rings. The zero-order valence-corrected chi connectivity index (χ0v) is 18.2. The van der Waals surface area contributed by atoms with Crippen molar-refractivity contribution < 1.29 is 8.42 Å². The lowest BCUT2D eigenvalue weighted by atomic mass is 9.82. The van der Waals surface area contributed by atoms with Crippen molar-refractivity contribution in [3.63, 3.8) is 0 Å². The van der Waals surface area contributed by atoms with Crippen LogP contribution in [-0.4, -0.2) is 69.6 Å². The van der Waals surface area contributed by atoms with Gasteiger partial charge in [-0.15, -0.1) is 0 Å². The Morgan fingerprint density at radius 2 is 1.82 bits per heavy atom. The summed E-state index contributed by atoms with van der Waals surface area (Å²) in [6.45, 7) is 6.46. The molecule has 2 fully saturated rings. The Bertz CT molecular complexity index is 758. The van der Waals surface area contributed by atoms with Gasteiger partial charge in [0.25, 0.3) is 0 Å². The van der Waals surface area contributed by atoms with Crippen LogP contribution in [0.4, 0.5) is 0 Å². The number of hydrogen-bond acceptors (Lipinski definition) is 3. The summed E-state index contributed by atoms with van der Waals surface area (Å²) >= 11 is 0. The molecule has 6 nitrogen and oxygen atoms in total. The zero-order chi connectivity index (χ0) is 20.1. The number of hydrogen-bond donors (Lipinski definition) is 1. The largest absolute Gasteiger partial charge is 0.356 e. The van der Waals surface area contributed by atoms with Crippen molar-refractivity contribution in [1.29, 1.82) is 0 Å². The molecule has 1 N–H and O–H groups in total. The number of rotatable bonds is 4. The minimum absolute atomic E-state index is 0.494. The molecule has 2 saturated heterocycles. The van der Waals surface area contributed by atoms with Crippen LogP contribution in [0.25, 0.3) is 0 Å². The summed E-state index contributed by atoms with van der Waals surface area (Å²) in [5, 5.41) is 3.55. The van der Waals surface area contributed by atoms with Gasteiger partial charge in [-0.3, -0.25) is 4.99 Å². The smallest absolute Gasteiger partial charge is 0.211 e. The second-order valence-electron chi connectivity index (χ2n) is 8.26. The molecule has 3 rings (SSSR count). The number of likely N-dealkylation sites (tertiary alicyclic amines) is 1. The fourth-order valence-corrected chi connectivity index (χ4v) is 5.42. The Morgan fingerprint density at radius 3 is 2.39 bits per heavy atom. The van der Waals surface area contributed by atoms with Gasteiger partial charge in [0, 0.05) is 39.8 Å². The van der Waals surface area contributed by atoms with Gasteiger partial charge in [0.1, 0.15) is 0 Å². The van der Waals surface area contributed by atoms with Gasteiger partial charge in [0.15, 0.2) is 5.96 Å². The summed E-state index contributed by atoms with van der Waals surface area (Å²) in [4.78, 5) is 6.88. The summed E-state index contributed by atoms with van der Waals surface area (Å²) < 4.78 is 24.9. The summed E-state index contributed by atoms with van der Waals surface area (Å²) in [6, 6.07) is 10.8. The average Bonchev–Trinajstić information content (AvgIpc) is 2.69. The molecule has 2 heterocycles. The van der Waals surface area contributed by atoms with E-state index in [1.165, 1.54) is 11.8 Å². The lowest BCUT2D eigenvalue weighted by Gasteiger charge is -2.39. The van der Waals surface area contributed by atoms with E-state index in [1.807, 2.05) is 7.05 Å². The molecule has 0 aliphatic carbocycles. The van der Waals surface area contributed by atoms with Gasteiger partial charge in [0.2, 0.25) is 10.0 Å². The Balaban J connectivity index is 1.49. The summed E-state index contributed by atoms with van der Waals surface area (Å²) in [5.74, 6) is 2.65. The maximum atomic E-state index is 11.7. The Hall–Kier alpha value is -1.60. The third-order valence-corrected chi connectivity index (χ3v) is 7.54. The van der Waals surface area contributed by atoms with Gasteiger partial charge in [-0.2, -0.15) is 0 Å². The number of nitrogens with zero attached hydrogens (tertiary/aromatic N) is 3. The highest BCUT2D eigenvalue weighted by atomic mass is 32.2. The van der Waals surface area contributed by atoms with Crippen LogP contribution in [0.15, 0.2) is 35.3 Å². The van der Waals surface area contributed by atoms with Crippen molar-refractivity contribution >= 4 is 16.0 Å². The van der Waals surface area contributed by atoms with E-state index in [2.05, 4.69) is 52.5 Å². The van der Waals surface area contributed by atoms with Gasteiger partial charge in [-0.25, -0.2) is 12.7 Å². The number of piperidine rings is 2. The van der Waals surface area contributed by atoms with E-state index in [4.69, 9.17) is 0 Å². The fraction of sp³-hybridized carbons (Fsp3) is 0.667. The predicted octanol–water partition coefficient (Wildman–Crippen LogP) is 2.36. The fourth-order valence-electron chi connectivity index (χ4n) is 4.55. The van der Waals surface area contributed by atoms with Crippen LogP contribution < -0.4 is 5.32 Å². The molecule has 0 aromatic heterocycles. The number of sulfonamides is 1. The second kappa shape index (κ2) is 9.27. The van der Waals surface area contributed by atoms with Crippen molar-refractivity contribution in [3.8, 4) is 0 Å². The van der Waals surface area contributed by atoms with Crippen molar-refractivity contribution in [2.24, 2.45) is 16.8 Å². The average molecular weight is 407 g/mol. The first-order valence-electron chi connectivity index (χ1n) is 10.3. The predicted molar refractivity (Wildman–Crippen MR) is 115 cm³/mol. The van der Waals surface area contributed by atoms with E-state index in [9.17, 15) is 8.42 Å². The second-order valence-corrected chi connectivity index (χ2v) is 10.2. The van der Waals surface area contributed by atoms with E-state index >= 15 is 0 Å². The maximum absolute atomic E-state index is 11.7. The highest BCUT2D eigenvalue weighted by Gasteiger charge is 2.29. The first-order valence-corrected chi connectivity index (χ1v) is 12.2. The number of benzene rings is 1. The summed E-state index contributed by atoms with van der Waals surface area (Å²) in [7, 11) is -1.21. The number of nitrogens with one attached hydrogen (secondary N) is 1. The molecule has 28 heavy (non-hydrogen) atoms. The molecule has 2 aliphatic heterocycles. The molecule has 0 amide bonds. The van der Waals surface area contributed by atoms with Crippen molar-refractivity contribution in [2.75, 3.05) is 46.0 Å². The SMILES string of the molecule is CN=C(NCC1CCN(S(C)(=O)=O)CC1)N1CCC(c2ccccc2)C(C)C1. The maximum Gasteiger partial charge on any atom is 0.211 e. The van der Waals surface area contributed by atoms with Crippen molar-refractivity contribution in [2.45, 2.75) is 32.1 Å². The number of aliphatic imine (C=N–C) groups is 1. The summed E-state index contributed by atoms with van der Waals surface area (Å²) in [5.41, 5.74) is 1.44. The third-order valence-electron chi connectivity index (χ3n) is 6.24. The highest BCUT2D eigenvalue weighted by Crippen LogP contribution is 2.32. The molecule has 1 aromatic rings. The van der Waals surface area contributed by atoms with Crippen LogP contribution in [0.2, 0.25) is 0 Å². The van der Waals surface area contributed by atoms with Gasteiger partial charge in [-0.1, -0.05) is 37.3 Å². The quantitative estimate of drug-likeness (QED) is 0.616. The van der Waals surface area contributed by atoms with E-state index in [-0.39, 0.29) is 0 Å². The minimum atomic E-state index is -3.06. The Labute approximate surface area is 170 Å². The third kappa shape index (κ3) is 5.26. The lowest BCUT2D eigenvalue weighted by Crippen LogP contribution is -2.49. The van der Waals surface area contributed by atoms with Crippen LogP contribution in [0.5, 0.6) is 0 Å².